The van der Waals surface area contributed by atoms with E-state index >= 15 is 0 Å². The number of hydrogen-bond acceptors (Lipinski definition) is 2. The number of nitrogens with zero attached hydrogens (tertiary/aromatic N) is 1. The van der Waals surface area contributed by atoms with Crippen molar-refractivity contribution in [1.29, 1.82) is 0 Å². The van der Waals surface area contributed by atoms with Crippen LogP contribution in [0.5, 0.6) is 0 Å². The first-order valence-corrected chi connectivity index (χ1v) is 11.3. The standard InChI is InChI=1S/C25H33NO2/c1-17(2)18-4-3-5-19(10-18)20-6-8-25(11-20)15-26(16-25)23(28)21-12-24(13-21)9-7-22(27)14-24/h3-5,10,17,20-21H,6-9,11-16H2,1-2H3. The second kappa shape index (κ2) is 6.43. The normalized spacial score (nSPS) is 33.5. The molecule has 3 heteroatoms. The van der Waals surface area contributed by atoms with Gasteiger partial charge in [0, 0.05) is 37.3 Å². The predicted molar refractivity (Wildman–Crippen MR) is 110 cm³/mol. The van der Waals surface area contributed by atoms with E-state index in [4.69, 9.17) is 0 Å². The Morgan fingerprint density at radius 3 is 2.57 bits per heavy atom. The summed E-state index contributed by atoms with van der Waals surface area (Å²) in [6.45, 7) is 6.46. The van der Waals surface area contributed by atoms with Gasteiger partial charge in [-0.1, -0.05) is 38.1 Å². The highest BCUT2D eigenvalue weighted by atomic mass is 16.2. The van der Waals surface area contributed by atoms with Gasteiger partial charge in [0.15, 0.2) is 0 Å². The van der Waals surface area contributed by atoms with Crippen LogP contribution in [0.3, 0.4) is 0 Å². The van der Waals surface area contributed by atoms with Crippen molar-refractivity contribution in [3.8, 4) is 0 Å². The third-order valence-corrected chi connectivity index (χ3v) is 8.33. The average molecular weight is 380 g/mol. The van der Waals surface area contributed by atoms with Crippen molar-refractivity contribution in [3.05, 3.63) is 35.4 Å². The number of Topliss-reactive ketones (excluding diaryl/α,β-unsaturated/α-hetero) is 1. The predicted octanol–water partition coefficient (Wildman–Crippen LogP) is 5.06. The van der Waals surface area contributed by atoms with Gasteiger partial charge < -0.3 is 4.90 Å². The first kappa shape index (κ1) is 18.4. The molecule has 3 saturated carbocycles. The highest BCUT2D eigenvalue weighted by Crippen LogP contribution is 2.57. The van der Waals surface area contributed by atoms with Gasteiger partial charge in [0.1, 0.15) is 5.78 Å². The summed E-state index contributed by atoms with van der Waals surface area (Å²) in [6.07, 6.45) is 8.19. The molecular weight excluding hydrogens is 346 g/mol. The third-order valence-electron chi connectivity index (χ3n) is 8.33. The summed E-state index contributed by atoms with van der Waals surface area (Å²) in [6, 6.07) is 9.17. The SMILES string of the molecule is CC(C)c1cccc(C2CCC3(C2)CN(C(=O)C2CC4(CCC(=O)C4)C2)C3)c1. The van der Waals surface area contributed by atoms with Crippen molar-refractivity contribution in [2.75, 3.05) is 13.1 Å². The van der Waals surface area contributed by atoms with Gasteiger partial charge >= 0.3 is 0 Å². The fraction of sp³-hybridized carbons (Fsp3) is 0.680. The van der Waals surface area contributed by atoms with Gasteiger partial charge in [0.05, 0.1) is 0 Å². The van der Waals surface area contributed by atoms with Crippen LogP contribution in [0.25, 0.3) is 0 Å². The number of carbonyl (C=O) groups excluding carboxylic acids is 2. The molecule has 1 aromatic carbocycles. The molecule has 5 rings (SSSR count). The Balaban J connectivity index is 1.16. The summed E-state index contributed by atoms with van der Waals surface area (Å²) in [5, 5.41) is 0. The molecule has 4 fully saturated rings. The lowest BCUT2D eigenvalue weighted by atomic mass is 9.60. The van der Waals surface area contributed by atoms with Crippen molar-refractivity contribution >= 4 is 11.7 Å². The van der Waals surface area contributed by atoms with Crippen LogP contribution in [-0.4, -0.2) is 29.7 Å². The minimum atomic E-state index is 0.197. The average Bonchev–Trinajstić information content (AvgIpc) is 3.23. The highest BCUT2D eigenvalue weighted by molar-refractivity contribution is 5.84. The van der Waals surface area contributed by atoms with Crippen LogP contribution in [0.15, 0.2) is 24.3 Å². The van der Waals surface area contributed by atoms with Crippen LogP contribution in [0.1, 0.15) is 88.2 Å². The maximum atomic E-state index is 12.9. The topological polar surface area (TPSA) is 37.4 Å². The molecule has 0 aromatic heterocycles. The first-order valence-electron chi connectivity index (χ1n) is 11.3. The van der Waals surface area contributed by atoms with Crippen LogP contribution in [0.4, 0.5) is 0 Å². The van der Waals surface area contributed by atoms with Gasteiger partial charge in [-0.2, -0.15) is 0 Å². The summed E-state index contributed by atoms with van der Waals surface area (Å²) in [4.78, 5) is 26.6. The zero-order chi connectivity index (χ0) is 19.5. The monoisotopic (exact) mass is 379 g/mol. The fourth-order valence-corrected chi connectivity index (χ4v) is 6.64. The number of amides is 1. The molecule has 1 aromatic rings. The zero-order valence-corrected chi connectivity index (χ0v) is 17.4. The minimum Gasteiger partial charge on any atom is -0.341 e. The molecule has 1 atom stereocenters. The lowest BCUT2D eigenvalue weighted by molar-refractivity contribution is -0.156. The number of likely N-dealkylation sites (tertiary alicyclic amines) is 1. The quantitative estimate of drug-likeness (QED) is 0.736. The maximum Gasteiger partial charge on any atom is 0.225 e. The third kappa shape index (κ3) is 3.02. The Morgan fingerprint density at radius 2 is 1.89 bits per heavy atom. The summed E-state index contributed by atoms with van der Waals surface area (Å²) in [5.41, 5.74) is 3.52. The van der Waals surface area contributed by atoms with Crippen LogP contribution in [0.2, 0.25) is 0 Å². The lowest BCUT2D eigenvalue weighted by Crippen LogP contribution is -2.60. The number of ketones is 1. The minimum absolute atomic E-state index is 0.197. The Hall–Kier alpha value is -1.64. The fourth-order valence-electron chi connectivity index (χ4n) is 6.64. The van der Waals surface area contributed by atoms with E-state index in [-0.39, 0.29) is 11.3 Å². The highest BCUT2D eigenvalue weighted by Gasteiger charge is 2.55. The molecule has 1 saturated heterocycles. The Bertz CT molecular complexity index is 799. The summed E-state index contributed by atoms with van der Waals surface area (Å²) < 4.78 is 0. The van der Waals surface area contributed by atoms with Gasteiger partial charge in [-0.15, -0.1) is 0 Å². The van der Waals surface area contributed by atoms with E-state index in [0.29, 0.717) is 28.9 Å². The summed E-state index contributed by atoms with van der Waals surface area (Å²) in [5.74, 6) is 2.22. The Kier molecular flexibility index (Phi) is 4.23. The number of carbonyl (C=O) groups is 2. The molecule has 0 N–H and O–H groups in total. The smallest absolute Gasteiger partial charge is 0.225 e. The van der Waals surface area contributed by atoms with Gasteiger partial charge in [-0.3, -0.25) is 9.59 Å². The second-order valence-corrected chi connectivity index (χ2v) is 10.8. The Morgan fingerprint density at radius 1 is 1.11 bits per heavy atom. The van der Waals surface area contributed by atoms with Gasteiger partial charge in [-0.05, 0) is 66.9 Å². The van der Waals surface area contributed by atoms with Crippen molar-refractivity contribution in [2.45, 2.75) is 77.0 Å². The van der Waals surface area contributed by atoms with E-state index in [1.54, 1.807) is 0 Å². The van der Waals surface area contributed by atoms with E-state index in [0.717, 1.165) is 45.2 Å². The van der Waals surface area contributed by atoms with Crippen molar-refractivity contribution in [3.63, 3.8) is 0 Å². The van der Waals surface area contributed by atoms with Crippen LogP contribution < -0.4 is 0 Å². The molecule has 1 unspecified atom stereocenters. The van der Waals surface area contributed by atoms with E-state index in [1.165, 1.54) is 30.4 Å². The van der Waals surface area contributed by atoms with E-state index < -0.39 is 0 Å². The lowest BCUT2D eigenvalue weighted by Gasteiger charge is -2.53. The van der Waals surface area contributed by atoms with E-state index in [2.05, 4.69) is 43.0 Å². The van der Waals surface area contributed by atoms with Gasteiger partial charge in [0.2, 0.25) is 5.91 Å². The molecule has 0 radical (unpaired) electrons. The molecule has 1 heterocycles. The van der Waals surface area contributed by atoms with Crippen LogP contribution in [-0.2, 0) is 9.59 Å². The first-order chi connectivity index (χ1) is 13.4. The molecule has 3 nitrogen and oxygen atoms in total. The van der Waals surface area contributed by atoms with Crippen LogP contribution in [0, 0.1) is 16.7 Å². The number of rotatable bonds is 3. The molecule has 3 aliphatic carbocycles. The molecule has 28 heavy (non-hydrogen) atoms. The van der Waals surface area contributed by atoms with Crippen LogP contribution >= 0.6 is 0 Å². The van der Waals surface area contributed by atoms with Crippen molar-refractivity contribution in [2.24, 2.45) is 16.7 Å². The maximum absolute atomic E-state index is 12.9. The number of benzene rings is 1. The second-order valence-electron chi connectivity index (χ2n) is 10.8. The summed E-state index contributed by atoms with van der Waals surface area (Å²) in [7, 11) is 0. The zero-order valence-electron chi connectivity index (χ0n) is 17.4. The largest absolute Gasteiger partial charge is 0.341 e. The molecule has 1 aliphatic heterocycles. The van der Waals surface area contributed by atoms with Crippen molar-refractivity contribution < 1.29 is 9.59 Å². The molecule has 1 amide bonds. The van der Waals surface area contributed by atoms with Gasteiger partial charge in [-0.25, -0.2) is 0 Å². The van der Waals surface area contributed by atoms with Crippen molar-refractivity contribution in [1.82, 2.24) is 4.90 Å². The number of hydrogen-bond donors (Lipinski definition) is 0. The molecule has 2 spiro atoms. The van der Waals surface area contributed by atoms with Gasteiger partial charge in [0.25, 0.3) is 0 Å². The molecule has 150 valence electrons. The Labute approximate surface area is 168 Å². The summed E-state index contributed by atoms with van der Waals surface area (Å²) >= 11 is 0. The van der Waals surface area contributed by atoms with E-state index in [9.17, 15) is 9.59 Å². The molecule has 0 bridgehead atoms. The molecule has 4 aliphatic rings. The molecular formula is C25H33NO2. The van der Waals surface area contributed by atoms with E-state index in [1.807, 2.05) is 0 Å².